The van der Waals surface area contributed by atoms with Crippen LogP contribution in [0.15, 0.2) is 60.9 Å². The Hall–Kier alpha value is -3.94. The van der Waals surface area contributed by atoms with Crippen molar-refractivity contribution < 1.29 is 14.3 Å². The Labute approximate surface area is 161 Å². The van der Waals surface area contributed by atoms with Gasteiger partial charge in [-0.3, -0.25) is 9.59 Å². The quantitative estimate of drug-likeness (QED) is 0.647. The minimum absolute atomic E-state index is 0.224. The Bertz CT molecular complexity index is 1040. The van der Waals surface area contributed by atoms with Crippen LogP contribution >= 0.6 is 0 Å². The van der Waals surface area contributed by atoms with E-state index < -0.39 is 6.10 Å². The average molecular weight is 375 g/mol. The summed E-state index contributed by atoms with van der Waals surface area (Å²) in [7, 11) is 0. The SMILES string of the molecule is CC1Oc2ccc(NC(=O)c3cccc(Nc4ncccn4)c3)cc2NC1=O. The molecule has 28 heavy (non-hydrogen) atoms. The van der Waals surface area contributed by atoms with Crippen molar-refractivity contribution in [1.82, 2.24) is 9.97 Å². The van der Waals surface area contributed by atoms with E-state index in [1.54, 1.807) is 61.8 Å². The second-order valence-electron chi connectivity index (χ2n) is 6.19. The number of ether oxygens (including phenoxy) is 1. The highest BCUT2D eigenvalue weighted by atomic mass is 16.5. The number of hydrogen-bond acceptors (Lipinski definition) is 6. The topological polar surface area (TPSA) is 105 Å². The van der Waals surface area contributed by atoms with E-state index >= 15 is 0 Å². The molecule has 1 aliphatic rings. The lowest BCUT2D eigenvalue weighted by Crippen LogP contribution is -2.34. The van der Waals surface area contributed by atoms with E-state index in [0.717, 1.165) is 0 Å². The van der Waals surface area contributed by atoms with Gasteiger partial charge in [-0.05, 0) is 49.4 Å². The van der Waals surface area contributed by atoms with E-state index in [4.69, 9.17) is 4.74 Å². The number of aromatic nitrogens is 2. The zero-order valence-electron chi connectivity index (χ0n) is 15.0. The van der Waals surface area contributed by atoms with Gasteiger partial charge in [-0.15, -0.1) is 0 Å². The molecule has 8 nitrogen and oxygen atoms in total. The lowest BCUT2D eigenvalue weighted by molar-refractivity contribution is -0.122. The Morgan fingerprint density at radius 2 is 1.89 bits per heavy atom. The van der Waals surface area contributed by atoms with Gasteiger partial charge in [0.25, 0.3) is 11.8 Å². The summed E-state index contributed by atoms with van der Waals surface area (Å²) >= 11 is 0. The summed E-state index contributed by atoms with van der Waals surface area (Å²) in [5, 5.41) is 8.63. The van der Waals surface area contributed by atoms with Crippen LogP contribution in [0, 0.1) is 0 Å². The van der Waals surface area contributed by atoms with Crippen LogP contribution in [0.1, 0.15) is 17.3 Å². The number of anilines is 4. The molecular formula is C20H17N5O3. The highest BCUT2D eigenvalue weighted by Gasteiger charge is 2.23. The van der Waals surface area contributed by atoms with E-state index in [2.05, 4.69) is 25.9 Å². The predicted molar refractivity (Wildman–Crippen MR) is 105 cm³/mol. The molecule has 0 saturated carbocycles. The highest BCUT2D eigenvalue weighted by Crippen LogP contribution is 2.32. The predicted octanol–water partition coefficient (Wildman–Crippen LogP) is 3.19. The number of amides is 2. The number of fused-ring (bicyclic) bond motifs is 1. The first-order valence-corrected chi connectivity index (χ1v) is 8.65. The van der Waals surface area contributed by atoms with Crippen LogP contribution < -0.4 is 20.7 Å². The average Bonchev–Trinajstić information content (AvgIpc) is 2.70. The van der Waals surface area contributed by atoms with Crippen LogP contribution in [0.2, 0.25) is 0 Å². The second kappa shape index (κ2) is 7.36. The molecule has 0 spiro atoms. The van der Waals surface area contributed by atoms with Gasteiger partial charge in [-0.25, -0.2) is 9.97 Å². The van der Waals surface area contributed by atoms with Crippen molar-refractivity contribution in [3.05, 3.63) is 66.5 Å². The minimum Gasteiger partial charge on any atom is -0.479 e. The van der Waals surface area contributed by atoms with Crippen LogP contribution in [-0.2, 0) is 4.79 Å². The summed E-state index contributed by atoms with van der Waals surface area (Å²) in [4.78, 5) is 32.6. The zero-order valence-corrected chi connectivity index (χ0v) is 15.0. The van der Waals surface area contributed by atoms with Gasteiger partial charge in [-0.2, -0.15) is 0 Å². The third-order valence-corrected chi connectivity index (χ3v) is 4.11. The number of nitrogens with one attached hydrogen (secondary N) is 3. The van der Waals surface area contributed by atoms with Crippen molar-refractivity contribution in [3.8, 4) is 5.75 Å². The fraction of sp³-hybridized carbons (Fsp3) is 0.100. The van der Waals surface area contributed by atoms with Gasteiger partial charge in [0, 0.05) is 29.3 Å². The maximum absolute atomic E-state index is 12.6. The summed E-state index contributed by atoms with van der Waals surface area (Å²) in [6.45, 7) is 1.68. The van der Waals surface area contributed by atoms with Crippen LogP contribution in [0.4, 0.5) is 23.0 Å². The van der Waals surface area contributed by atoms with Gasteiger partial charge in [0.2, 0.25) is 5.95 Å². The molecule has 0 fully saturated rings. The standard InChI is InChI=1S/C20H17N5O3/c1-12-18(26)25-16-11-15(6-7-17(16)28-12)23-19(27)13-4-2-5-14(10-13)24-20-21-8-3-9-22-20/h2-12H,1H3,(H,23,27)(H,25,26)(H,21,22,24). The monoisotopic (exact) mass is 375 g/mol. The lowest BCUT2D eigenvalue weighted by atomic mass is 10.1. The summed E-state index contributed by atoms with van der Waals surface area (Å²) in [5.41, 5.74) is 2.23. The summed E-state index contributed by atoms with van der Waals surface area (Å²) in [6, 6.07) is 13.8. The Morgan fingerprint density at radius 1 is 1.07 bits per heavy atom. The molecule has 2 heterocycles. The van der Waals surface area contributed by atoms with Crippen LogP contribution in [-0.4, -0.2) is 27.9 Å². The summed E-state index contributed by atoms with van der Waals surface area (Å²) in [5.74, 6) is 0.505. The molecule has 2 aromatic carbocycles. The number of hydrogen-bond donors (Lipinski definition) is 3. The van der Waals surface area contributed by atoms with E-state index in [1.807, 2.05) is 6.07 Å². The van der Waals surface area contributed by atoms with Crippen molar-refractivity contribution in [1.29, 1.82) is 0 Å². The smallest absolute Gasteiger partial charge is 0.265 e. The van der Waals surface area contributed by atoms with Crippen LogP contribution in [0.3, 0.4) is 0 Å². The van der Waals surface area contributed by atoms with Crippen LogP contribution in [0.5, 0.6) is 5.75 Å². The molecule has 140 valence electrons. The van der Waals surface area contributed by atoms with Crippen molar-refractivity contribution >= 4 is 34.8 Å². The van der Waals surface area contributed by atoms with Gasteiger partial charge in [0.1, 0.15) is 5.75 Å². The van der Waals surface area contributed by atoms with Gasteiger partial charge in [0.15, 0.2) is 6.10 Å². The molecule has 0 saturated heterocycles. The van der Waals surface area contributed by atoms with Crippen molar-refractivity contribution in [2.45, 2.75) is 13.0 Å². The van der Waals surface area contributed by atoms with Gasteiger partial charge in [-0.1, -0.05) is 6.07 Å². The van der Waals surface area contributed by atoms with E-state index in [-0.39, 0.29) is 11.8 Å². The fourth-order valence-electron chi connectivity index (χ4n) is 2.72. The summed E-state index contributed by atoms with van der Waals surface area (Å²) in [6.07, 6.45) is 2.72. The number of rotatable bonds is 4. The largest absolute Gasteiger partial charge is 0.479 e. The van der Waals surface area contributed by atoms with E-state index in [1.165, 1.54) is 0 Å². The van der Waals surface area contributed by atoms with E-state index in [9.17, 15) is 9.59 Å². The number of nitrogens with zero attached hydrogens (tertiary/aromatic N) is 2. The molecule has 3 N–H and O–H groups in total. The van der Waals surface area contributed by atoms with E-state index in [0.29, 0.717) is 34.3 Å². The number of benzene rings is 2. The normalized spacial score (nSPS) is 15.0. The first-order valence-electron chi connectivity index (χ1n) is 8.65. The van der Waals surface area contributed by atoms with Gasteiger partial charge in [0.05, 0.1) is 5.69 Å². The molecule has 4 rings (SSSR count). The highest BCUT2D eigenvalue weighted by molar-refractivity contribution is 6.05. The van der Waals surface area contributed by atoms with Crippen molar-refractivity contribution in [3.63, 3.8) is 0 Å². The minimum atomic E-state index is -0.545. The number of carbonyl (C=O) groups excluding carboxylic acids is 2. The Kier molecular flexibility index (Phi) is 4.59. The molecule has 2 amide bonds. The molecule has 1 unspecified atom stereocenters. The maximum atomic E-state index is 12.6. The Balaban J connectivity index is 1.49. The molecule has 1 atom stereocenters. The van der Waals surface area contributed by atoms with Crippen molar-refractivity contribution in [2.24, 2.45) is 0 Å². The molecule has 3 aromatic rings. The number of carbonyl (C=O) groups is 2. The van der Waals surface area contributed by atoms with Crippen molar-refractivity contribution in [2.75, 3.05) is 16.0 Å². The molecule has 0 radical (unpaired) electrons. The fourth-order valence-corrected chi connectivity index (χ4v) is 2.72. The second-order valence-corrected chi connectivity index (χ2v) is 6.19. The molecule has 0 bridgehead atoms. The molecule has 1 aromatic heterocycles. The van der Waals surface area contributed by atoms with Gasteiger partial charge >= 0.3 is 0 Å². The zero-order chi connectivity index (χ0) is 19.5. The third kappa shape index (κ3) is 3.75. The maximum Gasteiger partial charge on any atom is 0.265 e. The molecular weight excluding hydrogens is 358 g/mol. The molecule has 1 aliphatic heterocycles. The Morgan fingerprint density at radius 3 is 2.71 bits per heavy atom. The molecule has 0 aliphatic carbocycles. The van der Waals surface area contributed by atoms with Crippen LogP contribution in [0.25, 0.3) is 0 Å². The summed E-state index contributed by atoms with van der Waals surface area (Å²) < 4.78 is 5.52. The first-order chi connectivity index (χ1) is 13.6. The first kappa shape index (κ1) is 17.5. The third-order valence-electron chi connectivity index (χ3n) is 4.11. The molecule has 8 heteroatoms. The van der Waals surface area contributed by atoms with Gasteiger partial charge < -0.3 is 20.7 Å². The lowest BCUT2D eigenvalue weighted by Gasteiger charge is -2.23.